The Labute approximate surface area is 105 Å². The first-order valence-corrected chi connectivity index (χ1v) is 6.10. The van der Waals surface area contributed by atoms with E-state index >= 15 is 0 Å². The summed E-state index contributed by atoms with van der Waals surface area (Å²) in [6.45, 7) is 13.4. The summed E-state index contributed by atoms with van der Waals surface area (Å²) < 4.78 is 5.23. The van der Waals surface area contributed by atoms with Gasteiger partial charge in [-0.25, -0.2) is 4.79 Å². The normalized spacial score (nSPS) is 14.6. The molecule has 0 aromatic rings. The Hall–Kier alpha value is -0.770. The molecule has 0 saturated heterocycles. The van der Waals surface area contributed by atoms with E-state index in [1.165, 1.54) is 0 Å². The van der Waals surface area contributed by atoms with Crippen LogP contribution in [0.4, 0.5) is 4.79 Å². The SMILES string of the molecule is CC(C)C(NC(=O)OC(C)(C)C)C(C)(C)CO. The molecule has 0 heterocycles. The molecule has 0 rings (SSSR count). The van der Waals surface area contributed by atoms with Crippen molar-refractivity contribution in [3.8, 4) is 0 Å². The average Bonchev–Trinajstić information content (AvgIpc) is 2.10. The fourth-order valence-electron chi connectivity index (χ4n) is 1.80. The van der Waals surface area contributed by atoms with Crippen molar-refractivity contribution in [3.63, 3.8) is 0 Å². The molecule has 1 unspecified atom stereocenters. The summed E-state index contributed by atoms with van der Waals surface area (Å²) in [5.41, 5.74) is -0.875. The summed E-state index contributed by atoms with van der Waals surface area (Å²) in [7, 11) is 0. The first kappa shape index (κ1) is 16.2. The molecule has 0 radical (unpaired) electrons. The Balaban J connectivity index is 4.63. The number of hydrogen-bond acceptors (Lipinski definition) is 3. The van der Waals surface area contributed by atoms with Gasteiger partial charge in [0.25, 0.3) is 0 Å². The minimum Gasteiger partial charge on any atom is -0.444 e. The maximum absolute atomic E-state index is 11.7. The minimum absolute atomic E-state index is 0.0195. The Kier molecular flexibility index (Phi) is 5.46. The lowest BCUT2D eigenvalue weighted by Gasteiger charge is -2.36. The number of nitrogens with one attached hydrogen (secondary N) is 1. The molecule has 17 heavy (non-hydrogen) atoms. The lowest BCUT2D eigenvalue weighted by atomic mass is 9.79. The highest BCUT2D eigenvalue weighted by Crippen LogP contribution is 2.25. The molecule has 4 nitrogen and oxygen atoms in total. The molecule has 0 aromatic heterocycles. The number of carbonyl (C=O) groups is 1. The third-order valence-electron chi connectivity index (χ3n) is 2.59. The lowest BCUT2D eigenvalue weighted by molar-refractivity contribution is 0.0354. The molecule has 102 valence electrons. The van der Waals surface area contributed by atoms with Crippen LogP contribution in [0.2, 0.25) is 0 Å². The monoisotopic (exact) mass is 245 g/mol. The molecule has 1 atom stereocenters. The van der Waals surface area contributed by atoms with Crippen molar-refractivity contribution >= 4 is 6.09 Å². The van der Waals surface area contributed by atoms with Crippen molar-refractivity contribution in [3.05, 3.63) is 0 Å². The van der Waals surface area contributed by atoms with Crippen LogP contribution in [-0.2, 0) is 4.74 Å². The highest BCUT2D eigenvalue weighted by atomic mass is 16.6. The molecule has 0 aliphatic carbocycles. The van der Waals surface area contributed by atoms with Gasteiger partial charge in [0.05, 0.1) is 6.61 Å². The number of aliphatic hydroxyl groups is 1. The van der Waals surface area contributed by atoms with E-state index in [2.05, 4.69) is 5.32 Å². The fourth-order valence-corrected chi connectivity index (χ4v) is 1.80. The quantitative estimate of drug-likeness (QED) is 0.800. The third kappa shape index (κ3) is 5.91. The summed E-state index contributed by atoms with van der Waals surface area (Å²) in [6, 6.07) is -0.123. The van der Waals surface area contributed by atoms with E-state index in [9.17, 15) is 9.90 Å². The number of aliphatic hydroxyl groups excluding tert-OH is 1. The van der Waals surface area contributed by atoms with Gasteiger partial charge in [-0.05, 0) is 26.7 Å². The summed E-state index contributed by atoms with van der Waals surface area (Å²) in [6.07, 6.45) is -0.433. The van der Waals surface area contributed by atoms with Crippen molar-refractivity contribution in [1.82, 2.24) is 5.32 Å². The van der Waals surface area contributed by atoms with Crippen LogP contribution in [0, 0.1) is 11.3 Å². The summed E-state index contributed by atoms with van der Waals surface area (Å²) >= 11 is 0. The maximum Gasteiger partial charge on any atom is 0.407 e. The van der Waals surface area contributed by atoms with E-state index in [0.29, 0.717) is 0 Å². The lowest BCUT2D eigenvalue weighted by Crippen LogP contribution is -2.51. The first-order chi connectivity index (χ1) is 7.49. The number of amides is 1. The fraction of sp³-hybridized carbons (Fsp3) is 0.923. The predicted octanol–water partition coefficient (Wildman–Crippen LogP) is 2.55. The second kappa shape index (κ2) is 5.71. The Morgan fingerprint density at radius 1 is 1.24 bits per heavy atom. The zero-order valence-electron chi connectivity index (χ0n) is 12.1. The van der Waals surface area contributed by atoms with Gasteiger partial charge in [0.2, 0.25) is 0 Å². The molecule has 0 bridgehead atoms. The summed E-state index contributed by atoms with van der Waals surface area (Å²) in [4.78, 5) is 11.7. The molecule has 0 fully saturated rings. The number of ether oxygens (including phenoxy) is 1. The van der Waals surface area contributed by atoms with E-state index in [1.54, 1.807) is 0 Å². The van der Waals surface area contributed by atoms with E-state index in [-0.39, 0.29) is 24.0 Å². The van der Waals surface area contributed by atoms with Gasteiger partial charge in [0.15, 0.2) is 0 Å². The molecule has 0 aliphatic rings. The van der Waals surface area contributed by atoms with Gasteiger partial charge < -0.3 is 15.2 Å². The largest absolute Gasteiger partial charge is 0.444 e. The summed E-state index contributed by atoms with van der Waals surface area (Å²) in [5, 5.41) is 12.2. The molecule has 0 aliphatic heterocycles. The van der Waals surface area contributed by atoms with Gasteiger partial charge in [0, 0.05) is 11.5 Å². The van der Waals surface area contributed by atoms with Crippen LogP contribution in [0.5, 0.6) is 0 Å². The number of alkyl carbamates (subject to hydrolysis) is 1. The third-order valence-corrected chi connectivity index (χ3v) is 2.59. The molecular weight excluding hydrogens is 218 g/mol. The average molecular weight is 245 g/mol. The van der Waals surface area contributed by atoms with E-state index in [1.807, 2.05) is 48.5 Å². The van der Waals surface area contributed by atoms with Gasteiger partial charge in [-0.15, -0.1) is 0 Å². The van der Waals surface area contributed by atoms with Crippen LogP contribution >= 0.6 is 0 Å². The highest BCUT2D eigenvalue weighted by molar-refractivity contribution is 5.68. The maximum atomic E-state index is 11.7. The van der Waals surface area contributed by atoms with Crippen molar-refractivity contribution in [2.24, 2.45) is 11.3 Å². The number of carbonyl (C=O) groups excluding carboxylic acids is 1. The van der Waals surface area contributed by atoms with E-state index < -0.39 is 11.7 Å². The number of hydrogen-bond donors (Lipinski definition) is 2. The molecule has 0 spiro atoms. The first-order valence-electron chi connectivity index (χ1n) is 6.10. The summed E-state index contributed by atoms with van der Waals surface area (Å²) in [5.74, 6) is 0.227. The van der Waals surface area contributed by atoms with Gasteiger partial charge in [-0.1, -0.05) is 27.7 Å². The van der Waals surface area contributed by atoms with Gasteiger partial charge >= 0.3 is 6.09 Å². The highest BCUT2D eigenvalue weighted by Gasteiger charge is 2.33. The molecule has 2 N–H and O–H groups in total. The van der Waals surface area contributed by atoms with Gasteiger partial charge in [0.1, 0.15) is 5.60 Å². The molecule has 0 saturated carbocycles. The zero-order chi connectivity index (χ0) is 13.9. The zero-order valence-corrected chi connectivity index (χ0v) is 12.1. The Morgan fingerprint density at radius 2 is 1.71 bits per heavy atom. The topological polar surface area (TPSA) is 58.6 Å². The van der Waals surface area contributed by atoms with Gasteiger partial charge in [-0.2, -0.15) is 0 Å². The molecular formula is C13H27NO3. The van der Waals surface area contributed by atoms with Crippen LogP contribution in [0.25, 0.3) is 0 Å². The van der Waals surface area contributed by atoms with Gasteiger partial charge in [-0.3, -0.25) is 0 Å². The van der Waals surface area contributed by atoms with Crippen molar-refractivity contribution in [1.29, 1.82) is 0 Å². The smallest absolute Gasteiger partial charge is 0.407 e. The van der Waals surface area contributed by atoms with Crippen LogP contribution in [0.1, 0.15) is 48.5 Å². The second-order valence-electron chi connectivity index (χ2n) is 6.51. The van der Waals surface area contributed by atoms with Crippen molar-refractivity contribution < 1.29 is 14.6 Å². The van der Waals surface area contributed by atoms with Crippen molar-refractivity contribution in [2.45, 2.75) is 60.1 Å². The van der Waals surface area contributed by atoms with Crippen LogP contribution in [0.3, 0.4) is 0 Å². The van der Waals surface area contributed by atoms with E-state index in [0.717, 1.165) is 0 Å². The van der Waals surface area contributed by atoms with Crippen LogP contribution < -0.4 is 5.32 Å². The molecule has 1 amide bonds. The van der Waals surface area contributed by atoms with Crippen molar-refractivity contribution in [2.75, 3.05) is 6.61 Å². The minimum atomic E-state index is -0.505. The number of rotatable bonds is 4. The second-order valence-corrected chi connectivity index (χ2v) is 6.51. The Morgan fingerprint density at radius 3 is 2.00 bits per heavy atom. The standard InChI is InChI=1S/C13H27NO3/c1-9(2)10(13(6,7)8-15)14-11(16)17-12(3,4)5/h9-10,15H,8H2,1-7H3,(H,14,16). The molecule has 4 heteroatoms. The van der Waals surface area contributed by atoms with Crippen LogP contribution in [-0.4, -0.2) is 29.4 Å². The predicted molar refractivity (Wildman–Crippen MR) is 68.9 cm³/mol. The van der Waals surface area contributed by atoms with Crippen LogP contribution in [0.15, 0.2) is 0 Å². The molecule has 0 aromatic carbocycles. The Bertz CT molecular complexity index is 254. The van der Waals surface area contributed by atoms with E-state index in [4.69, 9.17) is 4.74 Å².